The van der Waals surface area contributed by atoms with E-state index >= 15 is 0 Å². The Balaban J connectivity index is 1.91. The molecule has 1 saturated heterocycles. The highest BCUT2D eigenvalue weighted by atomic mass is 127. The lowest BCUT2D eigenvalue weighted by molar-refractivity contribution is 0.114. The van der Waals surface area contributed by atoms with Crippen molar-refractivity contribution < 1.29 is 9.53 Å². The van der Waals surface area contributed by atoms with Gasteiger partial charge in [-0.05, 0) is 48.1 Å². The summed E-state index contributed by atoms with van der Waals surface area (Å²) in [6.07, 6.45) is 0.969. The Hall–Kier alpha value is -0.820. The maximum Gasteiger partial charge on any atom is 0.319 e. The summed E-state index contributed by atoms with van der Waals surface area (Å²) in [7, 11) is 0. The van der Waals surface area contributed by atoms with Gasteiger partial charge in [0.05, 0.1) is 17.8 Å². The monoisotopic (exact) mass is 346 g/mol. The quantitative estimate of drug-likeness (QED) is 0.809. The second kappa shape index (κ2) is 5.68. The number of hydrogen-bond donors (Lipinski definition) is 2. The molecule has 0 bridgehead atoms. The van der Waals surface area contributed by atoms with Crippen LogP contribution in [0.1, 0.15) is 13.3 Å². The Morgan fingerprint density at radius 2 is 2.24 bits per heavy atom. The lowest BCUT2D eigenvalue weighted by Gasteiger charge is -2.16. The number of anilines is 1. The van der Waals surface area contributed by atoms with E-state index in [4.69, 9.17) is 4.74 Å². The maximum absolute atomic E-state index is 11.8. The molecule has 1 aliphatic rings. The highest BCUT2D eigenvalue weighted by Gasteiger charge is 2.25. The summed E-state index contributed by atoms with van der Waals surface area (Å²) in [5.74, 6) is 0. The summed E-state index contributed by atoms with van der Waals surface area (Å²) in [5.41, 5.74) is 0.831. The van der Waals surface area contributed by atoms with E-state index in [1.54, 1.807) is 0 Å². The molecule has 1 heterocycles. The van der Waals surface area contributed by atoms with Crippen molar-refractivity contribution in [3.8, 4) is 0 Å². The molecule has 2 atom stereocenters. The van der Waals surface area contributed by atoms with Gasteiger partial charge < -0.3 is 15.4 Å². The van der Waals surface area contributed by atoms with Crippen LogP contribution in [0.15, 0.2) is 24.3 Å². The predicted octanol–water partition coefficient (Wildman–Crippen LogP) is 2.59. The molecule has 0 spiro atoms. The molecule has 2 N–H and O–H groups in total. The maximum atomic E-state index is 11.8. The molecule has 1 aromatic carbocycles. The molecule has 4 nitrogen and oxygen atoms in total. The molecular weight excluding hydrogens is 331 g/mol. The van der Waals surface area contributed by atoms with Crippen LogP contribution in [0.5, 0.6) is 0 Å². The van der Waals surface area contributed by atoms with E-state index in [1.807, 2.05) is 31.2 Å². The van der Waals surface area contributed by atoms with E-state index in [9.17, 15) is 4.79 Å². The number of amides is 2. The van der Waals surface area contributed by atoms with Gasteiger partial charge in [0.15, 0.2) is 0 Å². The number of hydrogen-bond acceptors (Lipinski definition) is 2. The molecule has 0 aromatic heterocycles. The van der Waals surface area contributed by atoms with E-state index in [1.165, 1.54) is 0 Å². The lowest BCUT2D eigenvalue weighted by Crippen LogP contribution is -2.41. The van der Waals surface area contributed by atoms with Gasteiger partial charge in [-0.3, -0.25) is 0 Å². The van der Waals surface area contributed by atoms with Crippen molar-refractivity contribution in [2.75, 3.05) is 11.9 Å². The second-order valence-electron chi connectivity index (χ2n) is 4.05. The lowest BCUT2D eigenvalue weighted by atomic mass is 10.2. The van der Waals surface area contributed by atoms with Gasteiger partial charge in [-0.1, -0.05) is 12.1 Å². The normalized spacial score (nSPS) is 23.4. The van der Waals surface area contributed by atoms with Crippen LogP contribution in [-0.4, -0.2) is 24.8 Å². The number of ether oxygens (including phenoxy) is 1. The summed E-state index contributed by atoms with van der Waals surface area (Å²) in [5, 5.41) is 5.77. The molecule has 17 heavy (non-hydrogen) atoms. The van der Waals surface area contributed by atoms with Gasteiger partial charge in [-0.25, -0.2) is 4.79 Å². The molecule has 2 rings (SSSR count). The third-order valence-corrected chi connectivity index (χ3v) is 3.76. The zero-order chi connectivity index (χ0) is 12.3. The minimum Gasteiger partial charge on any atom is -0.376 e. The first-order valence-electron chi connectivity index (χ1n) is 5.60. The number of benzene rings is 1. The van der Waals surface area contributed by atoms with Gasteiger partial charge >= 0.3 is 6.03 Å². The number of urea groups is 1. The minimum atomic E-state index is -0.170. The Kier molecular flexibility index (Phi) is 4.22. The van der Waals surface area contributed by atoms with Gasteiger partial charge in [0, 0.05) is 10.2 Å². The SMILES string of the molecule is C[C@@H]1OCC[C@@H]1NC(=O)Nc1ccccc1I. The van der Waals surface area contributed by atoms with Crippen LogP contribution in [-0.2, 0) is 4.74 Å². The Bertz CT molecular complexity index is 411. The van der Waals surface area contributed by atoms with Crippen LogP contribution >= 0.6 is 22.6 Å². The zero-order valence-corrected chi connectivity index (χ0v) is 11.7. The molecule has 0 aliphatic carbocycles. The molecule has 1 fully saturated rings. The van der Waals surface area contributed by atoms with Gasteiger partial charge in [-0.15, -0.1) is 0 Å². The van der Waals surface area contributed by atoms with Crippen LogP contribution in [0.3, 0.4) is 0 Å². The summed E-state index contributed by atoms with van der Waals surface area (Å²) in [6, 6.07) is 7.62. The topological polar surface area (TPSA) is 50.4 Å². The van der Waals surface area contributed by atoms with Crippen molar-refractivity contribution in [3.63, 3.8) is 0 Å². The van der Waals surface area contributed by atoms with Crippen molar-refractivity contribution in [1.29, 1.82) is 0 Å². The molecular formula is C12H15IN2O2. The number of para-hydroxylation sites is 1. The minimum absolute atomic E-state index is 0.0931. The van der Waals surface area contributed by atoms with Crippen LogP contribution in [0.25, 0.3) is 0 Å². The second-order valence-corrected chi connectivity index (χ2v) is 5.21. The number of halogens is 1. The van der Waals surface area contributed by atoms with Crippen LogP contribution < -0.4 is 10.6 Å². The first-order chi connectivity index (χ1) is 8.16. The predicted molar refractivity (Wildman–Crippen MR) is 75.1 cm³/mol. The third kappa shape index (κ3) is 3.32. The summed E-state index contributed by atoms with van der Waals surface area (Å²) in [6.45, 7) is 2.69. The smallest absolute Gasteiger partial charge is 0.319 e. The fourth-order valence-corrected chi connectivity index (χ4v) is 2.33. The van der Waals surface area contributed by atoms with Gasteiger partial charge in [0.2, 0.25) is 0 Å². The summed E-state index contributed by atoms with van der Waals surface area (Å²) >= 11 is 2.20. The molecule has 0 radical (unpaired) electrons. The molecule has 1 aliphatic heterocycles. The van der Waals surface area contributed by atoms with Gasteiger partial charge in [0.25, 0.3) is 0 Å². The molecule has 0 saturated carbocycles. The van der Waals surface area contributed by atoms with Crippen molar-refractivity contribution in [2.45, 2.75) is 25.5 Å². The van der Waals surface area contributed by atoms with Crippen LogP contribution in [0, 0.1) is 3.57 Å². The first-order valence-corrected chi connectivity index (χ1v) is 6.68. The first kappa shape index (κ1) is 12.6. The molecule has 92 valence electrons. The number of nitrogens with one attached hydrogen (secondary N) is 2. The zero-order valence-electron chi connectivity index (χ0n) is 9.57. The molecule has 5 heteroatoms. The number of rotatable bonds is 2. The van der Waals surface area contributed by atoms with Crippen molar-refractivity contribution >= 4 is 34.3 Å². The van der Waals surface area contributed by atoms with Crippen molar-refractivity contribution in [3.05, 3.63) is 27.8 Å². The standard InChI is InChI=1S/C12H15IN2O2/c1-8-10(6-7-17-8)14-12(16)15-11-5-3-2-4-9(11)13/h2-5,8,10H,6-7H2,1H3,(H2,14,15,16)/t8-,10-/m0/s1. The van der Waals surface area contributed by atoms with E-state index in [0.717, 1.165) is 22.3 Å². The van der Waals surface area contributed by atoms with E-state index in [0.29, 0.717) is 0 Å². The number of carbonyl (C=O) groups is 1. The van der Waals surface area contributed by atoms with Crippen molar-refractivity contribution in [1.82, 2.24) is 5.32 Å². The Morgan fingerprint density at radius 1 is 1.47 bits per heavy atom. The molecule has 1 aromatic rings. The summed E-state index contributed by atoms with van der Waals surface area (Å²) < 4.78 is 6.42. The largest absolute Gasteiger partial charge is 0.376 e. The third-order valence-electron chi connectivity index (χ3n) is 2.81. The van der Waals surface area contributed by atoms with Crippen molar-refractivity contribution in [2.24, 2.45) is 0 Å². The molecule has 2 amide bonds. The van der Waals surface area contributed by atoms with Crippen LogP contribution in [0.4, 0.5) is 10.5 Å². The highest BCUT2D eigenvalue weighted by Crippen LogP contribution is 2.17. The fraction of sp³-hybridized carbons (Fsp3) is 0.417. The highest BCUT2D eigenvalue weighted by molar-refractivity contribution is 14.1. The van der Waals surface area contributed by atoms with E-state index < -0.39 is 0 Å². The number of carbonyl (C=O) groups excluding carboxylic acids is 1. The van der Waals surface area contributed by atoms with Crippen LogP contribution in [0.2, 0.25) is 0 Å². The molecule has 0 unspecified atom stereocenters. The van der Waals surface area contributed by atoms with E-state index in [2.05, 4.69) is 33.2 Å². The average molecular weight is 346 g/mol. The fourth-order valence-electron chi connectivity index (χ4n) is 1.81. The summed E-state index contributed by atoms with van der Waals surface area (Å²) in [4.78, 5) is 11.8. The van der Waals surface area contributed by atoms with Gasteiger partial charge in [-0.2, -0.15) is 0 Å². The Morgan fingerprint density at radius 3 is 2.88 bits per heavy atom. The van der Waals surface area contributed by atoms with E-state index in [-0.39, 0.29) is 18.2 Å². The average Bonchev–Trinajstić information content (AvgIpc) is 2.68. The Labute approximate surface area is 114 Å². The van der Waals surface area contributed by atoms with Gasteiger partial charge in [0.1, 0.15) is 0 Å².